The lowest BCUT2D eigenvalue weighted by Crippen LogP contribution is -2.62. The van der Waals surface area contributed by atoms with Crippen molar-refractivity contribution >= 4 is 29.8 Å². The fourth-order valence-electron chi connectivity index (χ4n) is 8.57. The van der Waals surface area contributed by atoms with E-state index in [0.29, 0.717) is 5.57 Å². The van der Waals surface area contributed by atoms with Crippen LogP contribution in [0, 0.1) is 10.8 Å². The number of esters is 5. The van der Waals surface area contributed by atoms with Crippen LogP contribution in [0.15, 0.2) is 59.8 Å². The predicted molar refractivity (Wildman–Crippen MR) is 228 cm³/mol. The normalized spacial score (nSPS) is 35.8. The molecule has 0 aliphatic carbocycles. The number of unbranched alkanes of at least 4 members (excludes halogenated alkanes) is 1. The van der Waals surface area contributed by atoms with E-state index in [1.165, 1.54) is 33.1 Å². The highest BCUT2D eigenvalue weighted by Gasteiger charge is 2.59. The van der Waals surface area contributed by atoms with Gasteiger partial charge >= 0.3 is 29.8 Å². The zero-order chi connectivity index (χ0) is 47.6. The summed E-state index contributed by atoms with van der Waals surface area (Å²) in [6.07, 6.45) is 2.55. The number of hydrogen-bond donors (Lipinski definition) is 4. The van der Waals surface area contributed by atoms with Gasteiger partial charge < -0.3 is 58.3 Å². The Morgan fingerprint density at radius 1 is 0.875 bits per heavy atom. The maximum Gasteiger partial charge on any atom is 0.331 e. The first-order valence-electron chi connectivity index (χ1n) is 21.9. The molecule has 4 rings (SSSR count). The van der Waals surface area contributed by atoms with Crippen LogP contribution in [0.5, 0.6) is 0 Å². The molecule has 4 heterocycles. The molecule has 1 unspecified atom stereocenters. The number of hydrogen-bond acceptors (Lipinski definition) is 17. The minimum Gasteiger partial charge on any atom is -0.466 e. The van der Waals surface area contributed by atoms with Crippen LogP contribution in [-0.2, 0) is 61.9 Å². The van der Waals surface area contributed by atoms with Gasteiger partial charge in [-0.1, -0.05) is 77.0 Å². The second kappa shape index (κ2) is 22.3. The fourth-order valence-corrected chi connectivity index (χ4v) is 8.57. The summed E-state index contributed by atoms with van der Waals surface area (Å²) in [5.41, 5.74) is -2.06. The molecule has 0 spiro atoms. The van der Waals surface area contributed by atoms with Gasteiger partial charge in [0.1, 0.15) is 12.2 Å². The number of carbonyl (C=O) groups excluding carboxylic acids is 5. The first-order valence-corrected chi connectivity index (χ1v) is 21.9. The number of ether oxygens (including phenoxy) is 8. The van der Waals surface area contributed by atoms with Gasteiger partial charge in [0.25, 0.3) is 0 Å². The van der Waals surface area contributed by atoms with E-state index >= 15 is 0 Å². The van der Waals surface area contributed by atoms with Gasteiger partial charge in [0, 0.05) is 56.3 Å². The van der Waals surface area contributed by atoms with Crippen molar-refractivity contribution in [2.24, 2.45) is 10.8 Å². The van der Waals surface area contributed by atoms with Crippen LogP contribution in [0.1, 0.15) is 113 Å². The highest BCUT2D eigenvalue weighted by Crippen LogP contribution is 2.50. The summed E-state index contributed by atoms with van der Waals surface area (Å²) in [5, 5.41) is 47.5. The zero-order valence-corrected chi connectivity index (χ0v) is 38.5. The van der Waals surface area contributed by atoms with Crippen molar-refractivity contribution in [3.63, 3.8) is 0 Å². The Bertz CT molecular complexity index is 1830. The van der Waals surface area contributed by atoms with Gasteiger partial charge in [-0.15, -0.1) is 0 Å². The van der Waals surface area contributed by atoms with Crippen molar-refractivity contribution in [3.05, 3.63) is 59.8 Å². The average molecular weight is 905 g/mol. The summed E-state index contributed by atoms with van der Waals surface area (Å²) in [6.45, 7) is 11.2. The Balaban J connectivity index is 1.89. The molecule has 64 heavy (non-hydrogen) atoms. The molecule has 11 atom stereocenters. The van der Waals surface area contributed by atoms with Crippen molar-refractivity contribution in [3.8, 4) is 0 Å². The van der Waals surface area contributed by atoms with E-state index in [0.717, 1.165) is 32.1 Å². The van der Waals surface area contributed by atoms with Gasteiger partial charge in [0.15, 0.2) is 11.9 Å². The Labute approximate surface area is 375 Å². The Morgan fingerprint density at radius 2 is 1.56 bits per heavy atom. The number of aliphatic hydroxyl groups excluding tert-OH is 2. The molecule has 0 saturated carbocycles. The Kier molecular flexibility index (Phi) is 18.3. The van der Waals surface area contributed by atoms with Crippen molar-refractivity contribution in [1.29, 1.82) is 0 Å². The molecule has 4 aliphatic heterocycles. The van der Waals surface area contributed by atoms with Gasteiger partial charge in [0.2, 0.25) is 5.79 Å². The van der Waals surface area contributed by atoms with Crippen LogP contribution in [0.4, 0.5) is 0 Å². The van der Waals surface area contributed by atoms with Gasteiger partial charge in [0.05, 0.1) is 62.7 Å². The third-order valence-electron chi connectivity index (χ3n) is 12.4. The monoisotopic (exact) mass is 904 g/mol. The van der Waals surface area contributed by atoms with E-state index in [1.54, 1.807) is 45.9 Å². The van der Waals surface area contributed by atoms with Gasteiger partial charge in [-0.2, -0.15) is 0 Å². The zero-order valence-electron chi connectivity index (χ0n) is 38.5. The van der Waals surface area contributed by atoms with Crippen LogP contribution in [-0.4, -0.2) is 131 Å². The first-order chi connectivity index (χ1) is 29.9. The third kappa shape index (κ3) is 13.4. The third-order valence-corrected chi connectivity index (χ3v) is 12.4. The highest BCUT2D eigenvalue weighted by molar-refractivity contribution is 5.85. The molecule has 17 nitrogen and oxygen atoms in total. The molecule has 4 N–H and O–H groups in total. The minimum absolute atomic E-state index is 0.0721. The predicted octanol–water partition coefficient (Wildman–Crippen LogP) is 4.28. The SMILES string of the molecule is CCC/C=C/C=C/C(=O)O[C@H]1/C(=C\C(=O)OC)C[C@H]2C[C@H]([C@@H](C)O)OC(=O)C[C@H](O)C[C@@H]3C[C@H](OC(C)=O)C(C)(C)C(O)(C[C@@H]4C/C(=C/C(=O)OC)C[C@H](/C=C/C(C)(C)[C@]1(O)O2)O4)O3. The van der Waals surface area contributed by atoms with Gasteiger partial charge in [-0.3, -0.25) is 9.59 Å². The van der Waals surface area contributed by atoms with Gasteiger partial charge in [-0.05, 0) is 38.2 Å². The lowest BCUT2D eigenvalue weighted by molar-refractivity contribution is -0.348. The quantitative estimate of drug-likeness (QED) is 0.0830. The van der Waals surface area contributed by atoms with Crippen molar-refractivity contribution in [2.75, 3.05) is 14.2 Å². The largest absolute Gasteiger partial charge is 0.466 e. The second-order valence-corrected chi connectivity index (χ2v) is 18.3. The number of cyclic esters (lactones) is 1. The van der Waals surface area contributed by atoms with E-state index in [-0.39, 0.29) is 50.5 Å². The van der Waals surface area contributed by atoms with E-state index in [1.807, 2.05) is 13.0 Å². The summed E-state index contributed by atoms with van der Waals surface area (Å²) >= 11 is 0. The molecular formula is C47H68O17. The number of carbonyl (C=O) groups is 5. The van der Waals surface area contributed by atoms with Crippen LogP contribution < -0.4 is 0 Å². The Morgan fingerprint density at radius 3 is 2.20 bits per heavy atom. The number of aliphatic hydroxyl groups is 4. The molecule has 0 aromatic rings. The molecule has 0 amide bonds. The molecule has 0 aromatic heterocycles. The molecule has 3 saturated heterocycles. The average Bonchev–Trinajstić information content (AvgIpc) is 3.19. The standard InChI is InChI=1S/C47H68O17/c1-10-11-12-13-14-15-39(51)62-43-31(22-41(53)58-9)21-34-25-37(28(2)48)61-42(54)24-32(50)23-35-26-38(59-29(3)49)45(6,7)46(55,63-35)27-36-19-30(20-40(52)57-8)18-33(60-36)16-17-44(4,5)47(43,56)64-34/h12-17,20,22,28,32-38,43,48,50,55-56H,10-11,18-19,21,23-27H2,1-9H3/b13-12+,15-14+,17-16+,30-20+,31-22-/t28-,32-,33+,34+,35-,36+,37-,38+,43+,46?,47-/m1/s1. The number of rotatable bonds is 9. The summed E-state index contributed by atoms with van der Waals surface area (Å²) in [4.78, 5) is 64.7. The fraction of sp³-hybridized carbons (Fsp3) is 0.681. The summed E-state index contributed by atoms with van der Waals surface area (Å²) in [6, 6.07) is 0. The van der Waals surface area contributed by atoms with E-state index in [9.17, 15) is 44.4 Å². The molecular weight excluding hydrogens is 836 g/mol. The molecule has 0 radical (unpaired) electrons. The minimum atomic E-state index is -2.47. The lowest BCUT2D eigenvalue weighted by atomic mass is 9.70. The maximum absolute atomic E-state index is 13.4. The number of fused-ring (bicyclic) bond motifs is 6. The molecule has 6 bridgehead atoms. The summed E-state index contributed by atoms with van der Waals surface area (Å²) in [5.74, 6) is -8.31. The molecule has 4 aliphatic rings. The van der Waals surface area contributed by atoms with E-state index in [2.05, 4.69) is 0 Å². The number of methoxy groups -OCH3 is 2. The van der Waals surface area contributed by atoms with Crippen LogP contribution in [0.2, 0.25) is 0 Å². The second-order valence-electron chi connectivity index (χ2n) is 18.3. The molecule has 358 valence electrons. The molecule has 17 heteroatoms. The molecule has 0 aromatic carbocycles. The lowest BCUT2D eigenvalue weighted by Gasteiger charge is -2.53. The molecule has 3 fully saturated rings. The van der Waals surface area contributed by atoms with Gasteiger partial charge in [-0.25, -0.2) is 14.4 Å². The summed E-state index contributed by atoms with van der Waals surface area (Å²) < 4.78 is 46.7. The van der Waals surface area contributed by atoms with Crippen molar-refractivity contribution < 1.29 is 82.3 Å². The van der Waals surface area contributed by atoms with Crippen LogP contribution in [0.25, 0.3) is 0 Å². The van der Waals surface area contributed by atoms with Crippen LogP contribution in [0.3, 0.4) is 0 Å². The van der Waals surface area contributed by atoms with E-state index in [4.69, 9.17) is 37.9 Å². The first kappa shape index (κ1) is 52.4. The Hall–Kier alpha value is -4.23. The number of allylic oxidation sites excluding steroid dienone is 3. The van der Waals surface area contributed by atoms with Crippen LogP contribution >= 0.6 is 0 Å². The van der Waals surface area contributed by atoms with Crippen molar-refractivity contribution in [2.45, 2.75) is 179 Å². The van der Waals surface area contributed by atoms with Crippen molar-refractivity contribution in [1.82, 2.24) is 0 Å². The maximum atomic E-state index is 13.4. The smallest absolute Gasteiger partial charge is 0.331 e. The topological polar surface area (TPSA) is 240 Å². The highest BCUT2D eigenvalue weighted by atomic mass is 16.7. The van der Waals surface area contributed by atoms with E-state index < -0.39 is 114 Å². The summed E-state index contributed by atoms with van der Waals surface area (Å²) in [7, 11) is 2.40.